The number of rotatable bonds is 2. The molecule has 3 heterocycles. The number of nitrogen functional groups attached to an aromatic ring is 1. The van der Waals surface area contributed by atoms with E-state index in [2.05, 4.69) is 15.0 Å². The number of nitrogens with zero attached hydrogens (tertiary/aromatic N) is 4. The van der Waals surface area contributed by atoms with Crippen LogP contribution < -0.4 is 5.73 Å². The Labute approximate surface area is 118 Å². The largest absolute Gasteiger partial charge is 0.387 e. The third kappa shape index (κ3) is 1.91. The Morgan fingerprint density at radius 2 is 2.30 bits per heavy atom. The molecule has 2 aromatic heterocycles. The van der Waals surface area contributed by atoms with Crippen molar-refractivity contribution in [3.05, 3.63) is 11.6 Å². The first-order valence-corrected chi connectivity index (χ1v) is 6.54. The number of halogens is 2. The molecule has 3 N–H and O–H groups in total. The Bertz CT molecular complexity index is 651. The number of aromatic nitrogens is 4. The molecule has 108 valence electrons. The Morgan fingerprint density at radius 1 is 1.55 bits per heavy atom. The molecule has 9 heteroatoms. The van der Waals surface area contributed by atoms with Crippen LogP contribution in [0, 0.1) is 0 Å². The van der Waals surface area contributed by atoms with Gasteiger partial charge in [0.05, 0.1) is 12.4 Å². The molecular weight excluding hydrogens is 289 g/mol. The highest BCUT2D eigenvalue weighted by Gasteiger charge is 2.44. The van der Waals surface area contributed by atoms with Crippen LogP contribution in [0.25, 0.3) is 11.2 Å². The number of imidazole rings is 1. The van der Waals surface area contributed by atoms with E-state index in [1.165, 1.54) is 10.9 Å². The van der Waals surface area contributed by atoms with Gasteiger partial charge in [0.15, 0.2) is 23.9 Å². The first kappa shape index (κ1) is 13.5. The van der Waals surface area contributed by atoms with Gasteiger partial charge in [-0.3, -0.25) is 4.57 Å². The topological polar surface area (TPSA) is 99.1 Å². The summed E-state index contributed by atoms with van der Waals surface area (Å²) in [6, 6.07) is 0. The molecule has 0 aliphatic carbocycles. The number of hydrogen-bond acceptors (Lipinski definition) is 6. The summed E-state index contributed by atoms with van der Waals surface area (Å²) in [5.74, 6) is 0.111. The van der Waals surface area contributed by atoms with Crippen LogP contribution in [0.1, 0.15) is 19.6 Å². The van der Waals surface area contributed by atoms with Gasteiger partial charge in [-0.15, -0.1) is 0 Å². The zero-order chi connectivity index (χ0) is 14.4. The van der Waals surface area contributed by atoms with Crippen LogP contribution in [0.15, 0.2) is 6.33 Å². The molecule has 2 aromatic rings. The highest BCUT2D eigenvalue weighted by atomic mass is 35.5. The fourth-order valence-electron chi connectivity index (χ4n) is 2.36. The fourth-order valence-corrected chi connectivity index (χ4v) is 2.53. The molecule has 1 unspecified atom stereocenters. The predicted octanol–water partition coefficient (Wildman–Crippen LogP) is 1.07. The van der Waals surface area contributed by atoms with Crippen LogP contribution in [0.5, 0.6) is 0 Å². The number of ether oxygens (including phenoxy) is 1. The van der Waals surface area contributed by atoms with Crippen LogP contribution in [-0.4, -0.2) is 43.0 Å². The van der Waals surface area contributed by atoms with Gasteiger partial charge in [0.2, 0.25) is 5.28 Å². The molecule has 0 radical (unpaired) electrons. The van der Waals surface area contributed by atoms with Gasteiger partial charge < -0.3 is 15.6 Å². The van der Waals surface area contributed by atoms with Crippen LogP contribution in [0.2, 0.25) is 5.28 Å². The zero-order valence-corrected chi connectivity index (χ0v) is 11.3. The second-order valence-corrected chi connectivity index (χ2v) is 4.95. The van der Waals surface area contributed by atoms with Crippen LogP contribution in [-0.2, 0) is 4.74 Å². The van der Waals surface area contributed by atoms with Gasteiger partial charge in [-0.1, -0.05) is 6.92 Å². The van der Waals surface area contributed by atoms with Crippen molar-refractivity contribution in [2.24, 2.45) is 0 Å². The molecule has 4 atom stereocenters. The maximum Gasteiger partial charge on any atom is 0.226 e. The van der Waals surface area contributed by atoms with E-state index < -0.39 is 24.6 Å². The van der Waals surface area contributed by atoms with Gasteiger partial charge in [0.25, 0.3) is 0 Å². The van der Waals surface area contributed by atoms with Crippen molar-refractivity contribution in [1.82, 2.24) is 19.5 Å². The lowest BCUT2D eigenvalue weighted by atomic mass is 10.1. The maximum atomic E-state index is 14.2. The monoisotopic (exact) mass is 301 g/mol. The predicted molar refractivity (Wildman–Crippen MR) is 69.8 cm³/mol. The van der Waals surface area contributed by atoms with Gasteiger partial charge in [0, 0.05) is 0 Å². The molecule has 0 spiro atoms. The van der Waals surface area contributed by atoms with Crippen molar-refractivity contribution in [3.63, 3.8) is 0 Å². The fraction of sp³-hybridized carbons (Fsp3) is 0.545. The van der Waals surface area contributed by atoms with E-state index in [4.69, 9.17) is 22.1 Å². The van der Waals surface area contributed by atoms with Crippen molar-refractivity contribution in [1.29, 1.82) is 0 Å². The maximum absolute atomic E-state index is 14.2. The Balaban J connectivity index is 2.07. The molecule has 1 fully saturated rings. The molecule has 0 amide bonds. The van der Waals surface area contributed by atoms with E-state index in [-0.39, 0.29) is 16.7 Å². The molecule has 1 aliphatic heterocycles. The second-order valence-electron chi connectivity index (χ2n) is 4.61. The van der Waals surface area contributed by atoms with Gasteiger partial charge in [-0.25, -0.2) is 9.37 Å². The summed E-state index contributed by atoms with van der Waals surface area (Å²) in [6.45, 7) is 1.81. The summed E-state index contributed by atoms with van der Waals surface area (Å²) in [5.41, 5.74) is 6.29. The number of fused-ring (bicyclic) bond motifs is 1. The summed E-state index contributed by atoms with van der Waals surface area (Å²) in [4.78, 5) is 11.8. The second kappa shape index (κ2) is 4.80. The Morgan fingerprint density at radius 3 is 2.95 bits per heavy atom. The highest BCUT2D eigenvalue weighted by Crippen LogP contribution is 2.35. The standard InChI is InChI=1S/C11H13ClFN5O2/c1-2-4-7(19)5(13)10(20-4)18-3-15-6-8(14)16-11(12)17-9(6)18/h3-5,7,10,19H,2H2,1H3,(H2,14,16,17)/t4-,5?,7+,10-/m1/s1. The van der Waals surface area contributed by atoms with Gasteiger partial charge >= 0.3 is 0 Å². The van der Waals surface area contributed by atoms with E-state index in [0.29, 0.717) is 11.9 Å². The van der Waals surface area contributed by atoms with Crippen molar-refractivity contribution < 1.29 is 14.2 Å². The SMILES string of the molecule is CC[C@H]1O[C@@H](n2cnc3c(N)nc(Cl)nc32)C(F)[C@H]1O. The molecule has 1 aliphatic rings. The first-order valence-electron chi connectivity index (χ1n) is 6.16. The van der Waals surface area contributed by atoms with Gasteiger partial charge in [0.1, 0.15) is 11.6 Å². The summed E-state index contributed by atoms with van der Waals surface area (Å²) >= 11 is 5.75. The number of aliphatic hydroxyl groups excluding tert-OH is 1. The van der Waals surface area contributed by atoms with Gasteiger partial charge in [-0.2, -0.15) is 9.97 Å². The average Bonchev–Trinajstić information content (AvgIpc) is 2.93. The van der Waals surface area contributed by atoms with Crippen LogP contribution >= 0.6 is 11.6 Å². The quantitative estimate of drug-likeness (QED) is 0.805. The van der Waals surface area contributed by atoms with Crippen LogP contribution in [0.3, 0.4) is 0 Å². The van der Waals surface area contributed by atoms with Crippen molar-refractivity contribution >= 4 is 28.6 Å². The zero-order valence-electron chi connectivity index (χ0n) is 10.6. The molecule has 0 saturated carbocycles. The first-order chi connectivity index (χ1) is 9.52. The molecule has 7 nitrogen and oxygen atoms in total. The summed E-state index contributed by atoms with van der Waals surface area (Å²) in [6.07, 6.45) is -2.48. The lowest BCUT2D eigenvalue weighted by molar-refractivity contribution is -0.0238. The summed E-state index contributed by atoms with van der Waals surface area (Å²) in [7, 11) is 0. The summed E-state index contributed by atoms with van der Waals surface area (Å²) < 4.78 is 21.1. The molecule has 20 heavy (non-hydrogen) atoms. The molecule has 0 aromatic carbocycles. The number of nitrogens with two attached hydrogens (primary N) is 1. The molecule has 3 rings (SSSR count). The van der Waals surface area contributed by atoms with Crippen LogP contribution in [0.4, 0.5) is 10.2 Å². The third-order valence-electron chi connectivity index (χ3n) is 3.39. The van der Waals surface area contributed by atoms with E-state index in [9.17, 15) is 9.50 Å². The van der Waals surface area contributed by atoms with E-state index in [0.717, 1.165) is 0 Å². The van der Waals surface area contributed by atoms with Gasteiger partial charge in [-0.05, 0) is 18.0 Å². The van der Waals surface area contributed by atoms with E-state index in [1.807, 2.05) is 6.92 Å². The number of anilines is 1. The lowest BCUT2D eigenvalue weighted by Crippen LogP contribution is -2.27. The minimum absolute atomic E-state index is 0.0576. The smallest absolute Gasteiger partial charge is 0.226 e. The number of alkyl halides is 1. The molecular formula is C11H13ClFN5O2. The molecule has 1 saturated heterocycles. The van der Waals surface area contributed by atoms with Crippen molar-refractivity contribution in [2.45, 2.75) is 38.0 Å². The van der Waals surface area contributed by atoms with Crippen molar-refractivity contribution in [3.8, 4) is 0 Å². The third-order valence-corrected chi connectivity index (χ3v) is 3.56. The Hall–Kier alpha value is -1.51. The Kier molecular flexibility index (Phi) is 3.23. The highest BCUT2D eigenvalue weighted by molar-refractivity contribution is 6.28. The van der Waals surface area contributed by atoms with Crippen molar-refractivity contribution in [2.75, 3.05) is 5.73 Å². The minimum Gasteiger partial charge on any atom is -0.387 e. The van der Waals surface area contributed by atoms with E-state index >= 15 is 0 Å². The normalized spacial score (nSPS) is 30.2. The van der Waals surface area contributed by atoms with E-state index in [1.54, 1.807) is 0 Å². The molecule has 0 bridgehead atoms. The number of aliphatic hydroxyl groups is 1. The minimum atomic E-state index is -1.58. The number of hydrogen-bond donors (Lipinski definition) is 2. The summed E-state index contributed by atoms with van der Waals surface area (Å²) in [5, 5.41) is 9.73. The average molecular weight is 302 g/mol. The lowest BCUT2D eigenvalue weighted by Gasteiger charge is -2.15.